The molecule has 0 bridgehead atoms. The Morgan fingerprint density at radius 1 is 1.04 bits per heavy atom. The van der Waals surface area contributed by atoms with Crippen molar-refractivity contribution in [3.63, 3.8) is 0 Å². The monoisotopic (exact) mass is 348 g/mol. The average molecular weight is 348 g/mol. The third kappa shape index (κ3) is 4.22. The number of nitrogens with one attached hydrogen (secondary N) is 1. The smallest absolute Gasteiger partial charge is 0.251 e. The van der Waals surface area contributed by atoms with Gasteiger partial charge in [0, 0.05) is 36.2 Å². The second kappa shape index (κ2) is 7.74. The van der Waals surface area contributed by atoms with Crippen molar-refractivity contribution in [3.8, 4) is 11.4 Å². The number of carbonyl (C=O) groups excluding carboxylic acids is 2. The molecule has 0 fully saturated rings. The molecule has 1 atom stereocenters. The number of amides is 1. The minimum Gasteiger partial charge on any atom is -0.349 e. The minimum absolute atomic E-state index is 0.00924. The van der Waals surface area contributed by atoms with E-state index in [1.807, 2.05) is 37.3 Å². The van der Waals surface area contributed by atoms with Gasteiger partial charge in [-0.3, -0.25) is 14.3 Å². The number of ketones is 1. The number of hydrogen-bond donors (Lipinski definition) is 1. The topological polar surface area (TPSA) is 76.9 Å². The van der Waals surface area contributed by atoms with Crippen LogP contribution in [0, 0.1) is 0 Å². The molecule has 3 rings (SSSR count). The molecule has 0 aliphatic carbocycles. The summed E-state index contributed by atoms with van der Waals surface area (Å²) in [7, 11) is 1.80. The quantitative estimate of drug-likeness (QED) is 0.695. The summed E-state index contributed by atoms with van der Waals surface area (Å²) < 4.78 is 1.63. The summed E-state index contributed by atoms with van der Waals surface area (Å²) in [6.07, 6.45) is 1.88. The summed E-state index contributed by atoms with van der Waals surface area (Å²) in [4.78, 5) is 28.8. The zero-order valence-corrected chi connectivity index (χ0v) is 14.7. The van der Waals surface area contributed by atoms with Gasteiger partial charge in [-0.15, -0.1) is 0 Å². The molecule has 1 heterocycles. The second-order valence-corrected chi connectivity index (χ2v) is 6.19. The van der Waals surface area contributed by atoms with E-state index in [4.69, 9.17) is 0 Å². The molecule has 2 aromatic carbocycles. The minimum atomic E-state index is -0.257. The fourth-order valence-corrected chi connectivity index (χ4v) is 2.62. The summed E-state index contributed by atoms with van der Waals surface area (Å²) in [6.45, 7) is 1.82. The number of aryl methyl sites for hydroxylation is 1. The second-order valence-electron chi connectivity index (χ2n) is 6.19. The molecule has 0 saturated carbocycles. The van der Waals surface area contributed by atoms with Gasteiger partial charge in [0.15, 0.2) is 11.6 Å². The maximum Gasteiger partial charge on any atom is 0.251 e. The van der Waals surface area contributed by atoms with Crippen LogP contribution in [0.25, 0.3) is 11.4 Å². The lowest BCUT2D eigenvalue weighted by Crippen LogP contribution is -2.34. The van der Waals surface area contributed by atoms with Crippen molar-refractivity contribution in [1.29, 1.82) is 0 Å². The van der Waals surface area contributed by atoms with E-state index < -0.39 is 0 Å². The zero-order valence-electron chi connectivity index (χ0n) is 14.7. The maximum absolute atomic E-state index is 12.4. The van der Waals surface area contributed by atoms with Crippen LogP contribution in [0.2, 0.25) is 0 Å². The largest absolute Gasteiger partial charge is 0.349 e. The zero-order chi connectivity index (χ0) is 18.5. The van der Waals surface area contributed by atoms with Gasteiger partial charge < -0.3 is 5.32 Å². The molecule has 3 aromatic rings. The summed E-state index contributed by atoms with van der Waals surface area (Å²) in [5, 5.41) is 7.10. The van der Waals surface area contributed by atoms with Crippen LogP contribution < -0.4 is 5.32 Å². The number of hydrogen-bond acceptors (Lipinski definition) is 4. The van der Waals surface area contributed by atoms with E-state index in [1.54, 1.807) is 42.3 Å². The molecule has 132 valence electrons. The number of aromatic nitrogens is 3. The summed E-state index contributed by atoms with van der Waals surface area (Å²) >= 11 is 0. The third-order valence-electron chi connectivity index (χ3n) is 3.97. The van der Waals surface area contributed by atoms with Crippen LogP contribution in [-0.2, 0) is 7.05 Å². The Labute approximate surface area is 151 Å². The number of benzene rings is 2. The fraction of sp³-hybridized carbons (Fsp3) is 0.200. The molecule has 0 aliphatic heterocycles. The van der Waals surface area contributed by atoms with E-state index in [-0.39, 0.29) is 24.2 Å². The normalized spacial score (nSPS) is 11.8. The van der Waals surface area contributed by atoms with Gasteiger partial charge in [-0.05, 0) is 19.1 Å². The molecule has 1 amide bonds. The van der Waals surface area contributed by atoms with Crippen molar-refractivity contribution in [2.24, 2.45) is 7.05 Å². The summed E-state index contributed by atoms with van der Waals surface area (Å²) in [5.41, 5.74) is 2.03. The van der Waals surface area contributed by atoms with E-state index in [2.05, 4.69) is 15.4 Å². The van der Waals surface area contributed by atoms with Crippen LogP contribution in [0.3, 0.4) is 0 Å². The van der Waals surface area contributed by atoms with Gasteiger partial charge in [0.1, 0.15) is 6.33 Å². The van der Waals surface area contributed by atoms with Gasteiger partial charge >= 0.3 is 0 Å². The van der Waals surface area contributed by atoms with Crippen LogP contribution in [0.1, 0.15) is 34.1 Å². The first-order chi connectivity index (χ1) is 12.5. The van der Waals surface area contributed by atoms with Crippen LogP contribution in [0.5, 0.6) is 0 Å². The van der Waals surface area contributed by atoms with Crippen molar-refractivity contribution >= 4 is 11.7 Å². The summed E-state index contributed by atoms with van der Waals surface area (Å²) in [5.74, 6) is 0.412. The van der Waals surface area contributed by atoms with Crippen molar-refractivity contribution in [3.05, 3.63) is 72.1 Å². The highest BCUT2D eigenvalue weighted by atomic mass is 16.2. The Morgan fingerprint density at radius 3 is 2.35 bits per heavy atom. The van der Waals surface area contributed by atoms with Crippen LogP contribution in [-0.4, -0.2) is 32.5 Å². The van der Waals surface area contributed by atoms with Crippen molar-refractivity contribution in [1.82, 2.24) is 20.1 Å². The van der Waals surface area contributed by atoms with Gasteiger partial charge in [-0.25, -0.2) is 4.98 Å². The molecule has 6 heteroatoms. The van der Waals surface area contributed by atoms with Gasteiger partial charge in [0.25, 0.3) is 5.91 Å². The number of Topliss-reactive ketones (excluding diaryl/α,β-unsaturated/α-hetero) is 1. The number of carbonyl (C=O) groups is 2. The molecule has 0 spiro atoms. The van der Waals surface area contributed by atoms with E-state index in [9.17, 15) is 9.59 Å². The molecule has 0 aliphatic rings. The predicted molar refractivity (Wildman–Crippen MR) is 98.8 cm³/mol. The molecule has 0 radical (unpaired) electrons. The first-order valence-corrected chi connectivity index (χ1v) is 8.38. The van der Waals surface area contributed by atoms with Gasteiger partial charge in [-0.2, -0.15) is 5.10 Å². The van der Waals surface area contributed by atoms with Gasteiger partial charge in [0.2, 0.25) is 0 Å². The standard InChI is InChI=1S/C20H20N4O2/c1-14(12-18(25)15-6-4-3-5-7-15)22-20(26)17-10-8-16(9-11-17)19-21-13-24(2)23-19/h3-11,13-14H,12H2,1-2H3,(H,22,26)/t14-/m1/s1. The Balaban J connectivity index is 1.59. The molecular weight excluding hydrogens is 328 g/mol. The van der Waals surface area contributed by atoms with Crippen LogP contribution in [0.4, 0.5) is 0 Å². The van der Waals surface area contributed by atoms with E-state index in [1.165, 1.54) is 0 Å². The van der Waals surface area contributed by atoms with E-state index >= 15 is 0 Å². The van der Waals surface area contributed by atoms with Crippen molar-refractivity contribution in [2.45, 2.75) is 19.4 Å². The Hall–Kier alpha value is -3.28. The Bertz CT molecular complexity index is 901. The van der Waals surface area contributed by atoms with E-state index in [0.29, 0.717) is 17.0 Å². The van der Waals surface area contributed by atoms with Gasteiger partial charge in [0.05, 0.1) is 0 Å². The first kappa shape index (κ1) is 17.5. The fourth-order valence-electron chi connectivity index (χ4n) is 2.62. The lowest BCUT2D eigenvalue weighted by atomic mass is 10.0. The summed E-state index contributed by atoms with van der Waals surface area (Å²) in [6, 6.07) is 15.9. The molecule has 0 unspecified atom stereocenters. The number of nitrogens with zero attached hydrogens (tertiary/aromatic N) is 3. The SMILES string of the molecule is C[C@H](CC(=O)c1ccccc1)NC(=O)c1ccc(-c2ncn(C)n2)cc1. The predicted octanol–water partition coefficient (Wildman–Crippen LogP) is 2.87. The lowest BCUT2D eigenvalue weighted by molar-refractivity contribution is 0.0918. The Kier molecular flexibility index (Phi) is 5.22. The van der Waals surface area contributed by atoms with Crippen molar-refractivity contribution < 1.29 is 9.59 Å². The Morgan fingerprint density at radius 2 is 1.73 bits per heavy atom. The number of rotatable bonds is 6. The molecular formula is C20H20N4O2. The molecule has 1 aromatic heterocycles. The molecule has 0 saturated heterocycles. The van der Waals surface area contributed by atoms with E-state index in [0.717, 1.165) is 5.56 Å². The molecule has 26 heavy (non-hydrogen) atoms. The van der Waals surface area contributed by atoms with Crippen molar-refractivity contribution in [2.75, 3.05) is 0 Å². The van der Waals surface area contributed by atoms with Crippen LogP contribution >= 0.6 is 0 Å². The highest BCUT2D eigenvalue weighted by Gasteiger charge is 2.15. The average Bonchev–Trinajstić information content (AvgIpc) is 3.09. The molecule has 1 N–H and O–H groups in total. The third-order valence-corrected chi connectivity index (χ3v) is 3.97. The van der Waals surface area contributed by atoms with Crippen LogP contribution in [0.15, 0.2) is 60.9 Å². The first-order valence-electron chi connectivity index (χ1n) is 8.38. The van der Waals surface area contributed by atoms with Gasteiger partial charge in [-0.1, -0.05) is 42.5 Å². The highest BCUT2D eigenvalue weighted by molar-refractivity contribution is 5.98. The molecule has 6 nitrogen and oxygen atoms in total. The highest BCUT2D eigenvalue weighted by Crippen LogP contribution is 2.15. The lowest BCUT2D eigenvalue weighted by Gasteiger charge is -2.13. The maximum atomic E-state index is 12.4.